The minimum Gasteiger partial charge on any atom is -0.0683 e. The molecular formula is C33H28. The molecule has 0 fully saturated rings. The molecule has 0 nitrogen and oxygen atoms in total. The molecule has 0 radical (unpaired) electrons. The molecule has 0 aliphatic heterocycles. The first-order chi connectivity index (χ1) is 16.1. The third kappa shape index (κ3) is 2.77. The van der Waals surface area contributed by atoms with Crippen LogP contribution in [-0.4, -0.2) is 0 Å². The Morgan fingerprint density at radius 3 is 1.76 bits per heavy atom. The monoisotopic (exact) mass is 424 g/mol. The van der Waals surface area contributed by atoms with Gasteiger partial charge in [-0.25, -0.2) is 0 Å². The summed E-state index contributed by atoms with van der Waals surface area (Å²) in [5, 5.41) is 10.7. The van der Waals surface area contributed by atoms with E-state index in [4.69, 9.17) is 0 Å². The molecule has 0 saturated heterocycles. The van der Waals surface area contributed by atoms with Gasteiger partial charge in [0.1, 0.15) is 0 Å². The van der Waals surface area contributed by atoms with E-state index in [1.165, 1.54) is 65.3 Å². The predicted octanol–water partition coefficient (Wildman–Crippen LogP) is 9.63. The zero-order valence-corrected chi connectivity index (χ0v) is 19.7. The highest BCUT2D eigenvalue weighted by molar-refractivity contribution is 6.17. The molecule has 0 atom stereocenters. The second-order valence-electron chi connectivity index (χ2n) is 9.44. The van der Waals surface area contributed by atoms with E-state index in [0.717, 1.165) is 0 Å². The molecular weight excluding hydrogens is 396 g/mol. The molecule has 1 aliphatic rings. The third-order valence-electron chi connectivity index (χ3n) is 7.36. The molecule has 0 N–H and O–H groups in total. The van der Waals surface area contributed by atoms with Gasteiger partial charge in [-0.1, -0.05) is 94.4 Å². The van der Waals surface area contributed by atoms with Gasteiger partial charge >= 0.3 is 0 Å². The fourth-order valence-corrected chi connectivity index (χ4v) is 5.77. The minimum absolute atomic E-state index is 0.0515. The van der Waals surface area contributed by atoms with Crippen molar-refractivity contribution in [3.05, 3.63) is 108 Å². The van der Waals surface area contributed by atoms with Gasteiger partial charge in [0.25, 0.3) is 0 Å². The van der Waals surface area contributed by atoms with Gasteiger partial charge in [-0.05, 0) is 95.7 Å². The third-order valence-corrected chi connectivity index (χ3v) is 7.36. The highest BCUT2D eigenvalue weighted by Gasteiger charge is 2.34. The molecule has 33 heavy (non-hydrogen) atoms. The first kappa shape index (κ1) is 20.0. The van der Waals surface area contributed by atoms with Gasteiger partial charge in [0.05, 0.1) is 0 Å². The van der Waals surface area contributed by atoms with Gasteiger partial charge < -0.3 is 0 Å². The lowest BCUT2D eigenvalue weighted by molar-refractivity contribution is 0.646. The summed E-state index contributed by atoms with van der Waals surface area (Å²) in [6, 6.07) is 36.3. The fraction of sp³-hybridized carbons (Fsp3) is 0.152. The Balaban J connectivity index is 0.00000101. The minimum atomic E-state index is -0.0515. The van der Waals surface area contributed by atoms with Gasteiger partial charge in [-0.2, -0.15) is 0 Å². The van der Waals surface area contributed by atoms with Crippen molar-refractivity contribution in [1.82, 2.24) is 0 Å². The molecule has 0 saturated carbocycles. The summed E-state index contributed by atoms with van der Waals surface area (Å²) < 4.78 is 0. The van der Waals surface area contributed by atoms with Crippen LogP contribution in [-0.2, 0) is 5.41 Å². The molecule has 0 bridgehead atoms. The van der Waals surface area contributed by atoms with E-state index in [0.29, 0.717) is 0 Å². The van der Waals surface area contributed by atoms with Crippen molar-refractivity contribution in [3.63, 3.8) is 0 Å². The van der Waals surface area contributed by atoms with Crippen LogP contribution in [0.2, 0.25) is 0 Å². The average molecular weight is 425 g/mol. The van der Waals surface area contributed by atoms with Crippen molar-refractivity contribution in [2.24, 2.45) is 0 Å². The SMILES string of the molecule is CC.CC1(C)c2cc3cc4ccccc4cc3cc2-c2cc3ccccc3c3cccc1c23. The van der Waals surface area contributed by atoms with Crippen molar-refractivity contribution in [1.29, 1.82) is 0 Å². The standard InChI is InChI=1S/C31H22.C2H6/c1-31(2)28-13-7-12-25-24-11-6-5-10-21(24)16-27(30(25)28)26-17-22-14-19-8-3-4-9-20(19)15-23(22)18-29(26)31;1-2/h3-18H,1-2H3;1-2H3. The molecule has 6 aromatic carbocycles. The van der Waals surface area contributed by atoms with Crippen molar-refractivity contribution >= 4 is 43.1 Å². The lowest BCUT2D eigenvalue weighted by atomic mass is 9.67. The maximum Gasteiger partial charge on any atom is 0.0159 e. The fourth-order valence-electron chi connectivity index (χ4n) is 5.77. The Morgan fingerprint density at radius 1 is 0.455 bits per heavy atom. The summed E-state index contributed by atoms with van der Waals surface area (Å²) in [4.78, 5) is 0. The van der Waals surface area contributed by atoms with Crippen molar-refractivity contribution in [2.75, 3.05) is 0 Å². The van der Waals surface area contributed by atoms with Crippen molar-refractivity contribution in [2.45, 2.75) is 33.1 Å². The van der Waals surface area contributed by atoms with Gasteiger partial charge in [0.15, 0.2) is 0 Å². The Morgan fingerprint density at radius 2 is 1.03 bits per heavy atom. The van der Waals surface area contributed by atoms with Crippen LogP contribution in [0.1, 0.15) is 38.8 Å². The van der Waals surface area contributed by atoms with E-state index in [9.17, 15) is 0 Å². The van der Waals surface area contributed by atoms with Crippen molar-refractivity contribution in [3.8, 4) is 11.1 Å². The molecule has 1 aliphatic carbocycles. The summed E-state index contributed by atoms with van der Waals surface area (Å²) in [5.41, 5.74) is 5.55. The van der Waals surface area contributed by atoms with E-state index in [1.807, 2.05) is 13.8 Å². The Labute approximate surface area is 195 Å². The molecule has 160 valence electrons. The second kappa shape index (κ2) is 7.18. The summed E-state index contributed by atoms with van der Waals surface area (Å²) >= 11 is 0. The van der Waals surface area contributed by atoms with E-state index in [1.54, 1.807) is 0 Å². The summed E-state index contributed by atoms with van der Waals surface area (Å²) in [7, 11) is 0. The topological polar surface area (TPSA) is 0 Å². The normalized spacial score (nSPS) is 13.7. The van der Waals surface area contributed by atoms with Crippen LogP contribution in [0.5, 0.6) is 0 Å². The van der Waals surface area contributed by atoms with Crippen LogP contribution in [0.25, 0.3) is 54.2 Å². The summed E-state index contributed by atoms with van der Waals surface area (Å²) in [5.74, 6) is 0. The second-order valence-corrected chi connectivity index (χ2v) is 9.44. The lowest BCUT2D eigenvalue weighted by Crippen LogP contribution is -2.23. The highest BCUT2D eigenvalue weighted by atomic mass is 14.4. The molecule has 6 aromatic rings. The van der Waals surface area contributed by atoms with Crippen LogP contribution in [0.3, 0.4) is 0 Å². The van der Waals surface area contributed by atoms with Gasteiger partial charge in [-0.3, -0.25) is 0 Å². The molecule has 0 heteroatoms. The highest BCUT2D eigenvalue weighted by Crippen LogP contribution is 2.51. The van der Waals surface area contributed by atoms with Gasteiger partial charge in [0.2, 0.25) is 0 Å². The molecule has 0 unspecified atom stereocenters. The van der Waals surface area contributed by atoms with Gasteiger partial charge in [0, 0.05) is 5.41 Å². The van der Waals surface area contributed by atoms with E-state index < -0.39 is 0 Å². The Bertz CT molecular complexity index is 1700. The van der Waals surface area contributed by atoms with Crippen LogP contribution >= 0.6 is 0 Å². The number of benzene rings is 6. The van der Waals surface area contributed by atoms with E-state index in [-0.39, 0.29) is 5.41 Å². The van der Waals surface area contributed by atoms with E-state index in [2.05, 4.69) is 111 Å². The summed E-state index contributed by atoms with van der Waals surface area (Å²) in [6.07, 6.45) is 0. The molecule has 0 amide bonds. The Kier molecular flexibility index (Phi) is 4.35. The maximum absolute atomic E-state index is 2.44. The van der Waals surface area contributed by atoms with Gasteiger partial charge in [-0.15, -0.1) is 0 Å². The summed E-state index contributed by atoms with van der Waals surface area (Å²) in [6.45, 7) is 8.76. The average Bonchev–Trinajstić information content (AvgIpc) is 2.86. The van der Waals surface area contributed by atoms with Crippen LogP contribution < -0.4 is 0 Å². The lowest BCUT2D eigenvalue weighted by Gasteiger charge is -2.36. The maximum atomic E-state index is 2.44. The van der Waals surface area contributed by atoms with E-state index >= 15 is 0 Å². The quantitative estimate of drug-likeness (QED) is 0.168. The molecule has 0 heterocycles. The predicted molar refractivity (Wildman–Crippen MR) is 145 cm³/mol. The zero-order valence-electron chi connectivity index (χ0n) is 19.7. The van der Waals surface area contributed by atoms with Crippen molar-refractivity contribution < 1.29 is 0 Å². The van der Waals surface area contributed by atoms with Crippen LogP contribution in [0.4, 0.5) is 0 Å². The molecule has 0 spiro atoms. The smallest absolute Gasteiger partial charge is 0.0159 e. The van der Waals surface area contributed by atoms with Crippen LogP contribution in [0.15, 0.2) is 97.1 Å². The number of hydrogen-bond donors (Lipinski definition) is 0. The largest absolute Gasteiger partial charge is 0.0683 e. The van der Waals surface area contributed by atoms with Crippen LogP contribution in [0, 0.1) is 0 Å². The molecule has 0 aromatic heterocycles. The Hall–Kier alpha value is -3.64. The number of fused-ring (bicyclic) bond motifs is 6. The first-order valence-corrected chi connectivity index (χ1v) is 12.0. The number of hydrogen-bond acceptors (Lipinski definition) is 0. The first-order valence-electron chi connectivity index (χ1n) is 12.0. The number of rotatable bonds is 0. The molecule has 7 rings (SSSR count). The zero-order chi connectivity index (χ0) is 22.7.